The normalized spacial score (nSPS) is 10.4. The van der Waals surface area contributed by atoms with E-state index < -0.39 is 0 Å². The van der Waals surface area contributed by atoms with Crippen LogP contribution in [-0.2, 0) is 6.42 Å². The van der Waals surface area contributed by atoms with Gasteiger partial charge in [0.15, 0.2) is 5.78 Å². The van der Waals surface area contributed by atoms with Crippen molar-refractivity contribution in [1.29, 1.82) is 0 Å². The monoisotopic (exact) mass is 388 g/mol. The third-order valence-corrected chi connectivity index (χ3v) is 4.89. The summed E-state index contributed by atoms with van der Waals surface area (Å²) in [4.78, 5) is 12.9. The van der Waals surface area contributed by atoms with Gasteiger partial charge in [-0.1, -0.05) is 15.9 Å². The predicted molar refractivity (Wildman–Crippen MR) is 80.7 cm³/mol. The number of ether oxygens (including phenoxy) is 1. The molecule has 94 valence electrons. The highest BCUT2D eigenvalue weighted by Crippen LogP contribution is 2.27. The molecule has 0 aliphatic heterocycles. The van der Waals surface area contributed by atoms with Crippen molar-refractivity contribution in [3.63, 3.8) is 0 Å². The fourth-order valence-electron chi connectivity index (χ4n) is 1.54. The lowest BCUT2D eigenvalue weighted by molar-refractivity contribution is 0.0996. The van der Waals surface area contributed by atoms with Crippen molar-refractivity contribution >= 4 is 49.0 Å². The molecule has 2 aromatic rings. The fourth-order valence-corrected chi connectivity index (χ4v) is 3.25. The van der Waals surface area contributed by atoms with Crippen LogP contribution in [0.1, 0.15) is 15.2 Å². The van der Waals surface area contributed by atoms with Gasteiger partial charge in [-0.3, -0.25) is 4.79 Å². The Morgan fingerprint density at radius 1 is 1.28 bits per heavy atom. The van der Waals surface area contributed by atoms with Crippen LogP contribution in [0.25, 0.3) is 0 Å². The average Bonchev–Trinajstić information content (AvgIpc) is 2.79. The largest absolute Gasteiger partial charge is 0.497 e. The first-order chi connectivity index (χ1) is 8.60. The third kappa shape index (κ3) is 3.22. The Morgan fingerprint density at radius 2 is 2.06 bits per heavy atom. The number of carbonyl (C=O) groups excluding carboxylic acids is 1. The van der Waals surface area contributed by atoms with Crippen LogP contribution in [0.3, 0.4) is 0 Å². The zero-order valence-electron chi connectivity index (χ0n) is 9.57. The van der Waals surface area contributed by atoms with Crippen molar-refractivity contribution in [2.75, 3.05) is 7.11 Å². The van der Waals surface area contributed by atoms with E-state index in [1.165, 1.54) is 11.3 Å². The van der Waals surface area contributed by atoms with Crippen LogP contribution >= 0.6 is 43.2 Å². The van der Waals surface area contributed by atoms with Gasteiger partial charge < -0.3 is 4.74 Å². The molecule has 2 rings (SSSR count). The Hall–Kier alpha value is -0.650. The van der Waals surface area contributed by atoms with Gasteiger partial charge in [-0.25, -0.2) is 0 Å². The minimum Gasteiger partial charge on any atom is -0.497 e. The summed E-state index contributed by atoms with van der Waals surface area (Å²) >= 11 is 8.26. The van der Waals surface area contributed by atoms with E-state index in [0.717, 1.165) is 24.4 Å². The van der Waals surface area contributed by atoms with Crippen molar-refractivity contribution in [3.05, 3.63) is 49.0 Å². The molecule has 1 heterocycles. The molecular weight excluding hydrogens is 380 g/mol. The Balaban J connectivity index is 2.21. The molecule has 0 unspecified atom stereocenters. The molecule has 1 aromatic carbocycles. The maximum Gasteiger partial charge on any atom is 0.177 e. The number of Topliss-reactive ketones (excluding diaryl/α,β-unsaturated/α-hetero) is 1. The molecule has 0 aliphatic carbocycles. The molecule has 0 saturated heterocycles. The van der Waals surface area contributed by atoms with Crippen molar-refractivity contribution < 1.29 is 9.53 Å². The van der Waals surface area contributed by atoms with E-state index >= 15 is 0 Å². The third-order valence-electron chi connectivity index (χ3n) is 2.45. The molecule has 5 heteroatoms. The second-order valence-corrected chi connectivity index (χ2v) is 6.98. The van der Waals surface area contributed by atoms with E-state index in [0.29, 0.717) is 6.42 Å². The van der Waals surface area contributed by atoms with Crippen LogP contribution < -0.4 is 4.74 Å². The first kappa shape index (κ1) is 13.8. The number of methoxy groups -OCH3 is 1. The van der Waals surface area contributed by atoms with E-state index in [1.807, 2.05) is 30.3 Å². The zero-order chi connectivity index (χ0) is 13.1. The number of hydrogen-bond acceptors (Lipinski definition) is 3. The van der Waals surface area contributed by atoms with Crippen LogP contribution in [0.5, 0.6) is 5.75 Å². The van der Waals surface area contributed by atoms with Crippen LogP contribution in [0.2, 0.25) is 0 Å². The Bertz CT molecular complexity index is 578. The number of thiophene rings is 1. The van der Waals surface area contributed by atoms with Crippen LogP contribution in [0, 0.1) is 0 Å². The van der Waals surface area contributed by atoms with Crippen LogP contribution in [0.4, 0.5) is 0 Å². The van der Waals surface area contributed by atoms with Crippen molar-refractivity contribution in [1.82, 2.24) is 0 Å². The molecule has 0 radical (unpaired) electrons. The number of carbonyl (C=O) groups is 1. The van der Waals surface area contributed by atoms with E-state index in [2.05, 4.69) is 31.9 Å². The highest BCUT2D eigenvalue weighted by molar-refractivity contribution is 9.11. The van der Waals surface area contributed by atoms with Gasteiger partial charge >= 0.3 is 0 Å². The van der Waals surface area contributed by atoms with Gasteiger partial charge in [0.05, 0.1) is 15.8 Å². The van der Waals surface area contributed by atoms with Gasteiger partial charge in [-0.05, 0) is 51.8 Å². The topological polar surface area (TPSA) is 26.3 Å². The maximum atomic E-state index is 12.1. The van der Waals surface area contributed by atoms with Crippen LogP contribution in [-0.4, -0.2) is 12.9 Å². The fraction of sp³-hybridized carbons (Fsp3) is 0.154. The molecular formula is C13H10Br2O2S. The van der Waals surface area contributed by atoms with Gasteiger partial charge in [0.25, 0.3) is 0 Å². The van der Waals surface area contributed by atoms with Gasteiger partial charge in [-0.15, -0.1) is 11.3 Å². The molecule has 0 saturated carbocycles. The first-order valence-corrected chi connectivity index (χ1v) is 7.61. The molecule has 1 aromatic heterocycles. The summed E-state index contributed by atoms with van der Waals surface area (Å²) in [5.41, 5.74) is 0.934. The van der Waals surface area contributed by atoms with Gasteiger partial charge in [-0.2, -0.15) is 0 Å². The SMILES string of the molecule is COc1ccc(Br)c(CC(=O)c2ccc(Br)s2)c1. The molecule has 0 N–H and O–H groups in total. The summed E-state index contributed by atoms with van der Waals surface area (Å²) < 4.78 is 7.06. The van der Waals surface area contributed by atoms with Gasteiger partial charge in [0.2, 0.25) is 0 Å². The molecule has 18 heavy (non-hydrogen) atoms. The summed E-state index contributed by atoms with van der Waals surface area (Å²) in [7, 11) is 1.62. The first-order valence-electron chi connectivity index (χ1n) is 5.21. The van der Waals surface area contributed by atoms with E-state index in [4.69, 9.17) is 4.74 Å². The van der Waals surface area contributed by atoms with Crippen molar-refractivity contribution in [3.8, 4) is 5.75 Å². The second-order valence-electron chi connectivity index (χ2n) is 3.66. The zero-order valence-corrected chi connectivity index (χ0v) is 13.6. The lowest BCUT2D eigenvalue weighted by Gasteiger charge is -2.06. The summed E-state index contributed by atoms with van der Waals surface area (Å²) in [5.74, 6) is 0.869. The molecule has 2 nitrogen and oxygen atoms in total. The summed E-state index contributed by atoms with van der Waals surface area (Å²) in [6.45, 7) is 0. The van der Waals surface area contributed by atoms with Gasteiger partial charge in [0.1, 0.15) is 5.75 Å². The highest BCUT2D eigenvalue weighted by Gasteiger charge is 2.12. The van der Waals surface area contributed by atoms with E-state index in [-0.39, 0.29) is 5.78 Å². The highest BCUT2D eigenvalue weighted by atomic mass is 79.9. The minimum absolute atomic E-state index is 0.111. The maximum absolute atomic E-state index is 12.1. The summed E-state index contributed by atoms with van der Waals surface area (Å²) in [5, 5.41) is 0. The molecule has 0 aliphatic rings. The molecule has 0 bridgehead atoms. The number of hydrogen-bond donors (Lipinski definition) is 0. The Kier molecular flexibility index (Phi) is 4.59. The van der Waals surface area contributed by atoms with Crippen LogP contribution in [0.15, 0.2) is 38.6 Å². The molecule has 0 amide bonds. The number of halogens is 2. The van der Waals surface area contributed by atoms with Gasteiger partial charge in [0, 0.05) is 10.9 Å². The van der Waals surface area contributed by atoms with E-state index in [9.17, 15) is 4.79 Å². The Labute approximate surface area is 126 Å². The molecule has 0 atom stereocenters. The quantitative estimate of drug-likeness (QED) is 0.708. The average molecular weight is 390 g/mol. The van der Waals surface area contributed by atoms with Crippen molar-refractivity contribution in [2.24, 2.45) is 0 Å². The predicted octanol–water partition coefficient (Wildman–Crippen LogP) is 4.71. The standard InChI is InChI=1S/C13H10Br2O2S/c1-17-9-2-3-10(14)8(6-9)7-11(16)12-4-5-13(15)18-12/h2-6H,7H2,1H3. The van der Waals surface area contributed by atoms with Crippen molar-refractivity contribution in [2.45, 2.75) is 6.42 Å². The molecule has 0 spiro atoms. The molecule has 0 fully saturated rings. The minimum atomic E-state index is 0.111. The lowest BCUT2D eigenvalue weighted by atomic mass is 10.1. The van der Waals surface area contributed by atoms with E-state index in [1.54, 1.807) is 7.11 Å². The Morgan fingerprint density at radius 3 is 2.67 bits per heavy atom. The summed E-state index contributed by atoms with van der Waals surface area (Å²) in [6.07, 6.45) is 0.366. The summed E-state index contributed by atoms with van der Waals surface area (Å²) in [6, 6.07) is 9.36. The smallest absolute Gasteiger partial charge is 0.177 e. The lowest BCUT2D eigenvalue weighted by Crippen LogP contribution is -2.02. The second kappa shape index (κ2) is 5.99. The number of ketones is 1. The number of rotatable bonds is 4. The number of benzene rings is 1.